The average molecular weight is 360 g/mol. The van der Waals surface area contributed by atoms with Crippen LogP contribution in [0.2, 0.25) is 0 Å². The number of piperidine rings is 1. The molecule has 2 saturated heterocycles. The van der Waals surface area contributed by atoms with E-state index in [9.17, 15) is 14.3 Å². The van der Waals surface area contributed by atoms with Gasteiger partial charge in [-0.2, -0.15) is 0 Å². The monoisotopic (exact) mass is 360 g/mol. The molecule has 0 unspecified atom stereocenters. The molecule has 2 aromatic rings. The predicted molar refractivity (Wildman–Crippen MR) is 90.7 cm³/mol. The summed E-state index contributed by atoms with van der Waals surface area (Å²) < 4.78 is 18.8. The largest absolute Gasteiger partial charge is 0.385 e. The van der Waals surface area contributed by atoms with Crippen molar-refractivity contribution in [2.75, 3.05) is 11.9 Å². The van der Waals surface area contributed by atoms with Crippen LogP contribution in [0.25, 0.3) is 0 Å². The van der Waals surface area contributed by atoms with Gasteiger partial charge in [0.25, 0.3) is 0 Å². The van der Waals surface area contributed by atoms with Gasteiger partial charge in [-0.15, -0.1) is 0 Å². The summed E-state index contributed by atoms with van der Waals surface area (Å²) in [5.74, 6) is -0.256. The Balaban J connectivity index is 1.46. The molecule has 1 amide bonds. The van der Waals surface area contributed by atoms with Crippen molar-refractivity contribution in [2.45, 2.75) is 50.3 Å². The predicted octanol–water partition coefficient (Wildman–Crippen LogP) is 1.97. The van der Waals surface area contributed by atoms with Gasteiger partial charge in [0.2, 0.25) is 5.91 Å². The van der Waals surface area contributed by atoms with Gasteiger partial charge in [0.05, 0.1) is 12.1 Å². The summed E-state index contributed by atoms with van der Waals surface area (Å²) in [5.41, 5.74) is -0.310. The first-order chi connectivity index (χ1) is 12.5. The van der Waals surface area contributed by atoms with Gasteiger partial charge in [-0.1, -0.05) is 23.4 Å². The van der Waals surface area contributed by atoms with Crippen LogP contribution in [0.4, 0.5) is 10.2 Å². The molecule has 0 radical (unpaired) electrons. The van der Waals surface area contributed by atoms with Crippen LogP contribution >= 0.6 is 0 Å². The number of aryl methyl sites for hydroxylation is 1. The van der Waals surface area contributed by atoms with Crippen LogP contribution in [0.5, 0.6) is 0 Å². The summed E-state index contributed by atoms with van der Waals surface area (Å²) >= 11 is 0. The number of amides is 1. The first-order valence-electron chi connectivity index (χ1n) is 8.78. The Hall–Kier alpha value is -2.32. The second-order valence-corrected chi connectivity index (χ2v) is 7.22. The smallest absolute Gasteiger partial charge is 0.239 e. The minimum absolute atomic E-state index is 0.0423. The molecule has 7 nitrogen and oxygen atoms in total. The molecule has 2 N–H and O–H groups in total. The molecule has 2 bridgehead atoms. The van der Waals surface area contributed by atoms with Crippen LogP contribution in [0.3, 0.4) is 0 Å². The van der Waals surface area contributed by atoms with E-state index in [4.69, 9.17) is 0 Å². The molecule has 1 aromatic carbocycles. The SMILES string of the molecule is Cc1nonc1NC(=O)CN1[C@H]2CC[C@H]1CC(O)(c1ccccc1F)C2. The van der Waals surface area contributed by atoms with E-state index >= 15 is 0 Å². The van der Waals surface area contributed by atoms with Crippen LogP contribution in [0.15, 0.2) is 28.9 Å². The highest BCUT2D eigenvalue weighted by molar-refractivity contribution is 5.91. The molecule has 26 heavy (non-hydrogen) atoms. The van der Waals surface area contributed by atoms with Crippen molar-refractivity contribution in [3.8, 4) is 0 Å². The third-order valence-electron chi connectivity index (χ3n) is 5.53. The highest BCUT2D eigenvalue weighted by Crippen LogP contribution is 2.46. The Bertz CT molecular complexity index is 810. The fourth-order valence-corrected chi connectivity index (χ4v) is 4.32. The van der Waals surface area contributed by atoms with Gasteiger partial charge in [-0.3, -0.25) is 9.69 Å². The second kappa shape index (κ2) is 6.44. The number of nitrogens with zero attached hydrogens (tertiary/aromatic N) is 3. The number of rotatable bonds is 4. The lowest BCUT2D eigenvalue weighted by Crippen LogP contribution is -2.52. The third kappa shape index (κ3) is 2.99. The molecule has 0 aliphatic carbocycles. The molecule has 2 fully saturated rings. The lowest BCUT2D eigenvalue weighted by molar-refractivity contribution is -0.121. The van der Waals surface area contributed by atoms with E-state index in [-0.39, 0.29) is 30.4 Å². The molecule has 3 heterocycles. The van der Waals surface area contributed by atoms with Crippen molar-refractivity contribution in [3.05, 3.63) is 41.3 Å². The first kappa shape index (κ1) is 17.1. The Morgan fingerprint density at radius 2 is 2.04 bits per heavy atom. The normalized spacial score (nSPS) is 28.3. The van der Waals surface area contributed by atoms with Gasteiger partial charge in [-0.25, -0.2) is 9.02 Å². The Morgan fingerprint density at radius 3 is 2.65 bits per heavy atom. The highest BCUT2D eigenvalue weighted by atomic mass is 19.1. The van der Waals surface area contributed by atoms with Gasteiger partial charge in [-0.05, 0) is 43.8 Å². The lowest BCUT2D eigenvalue weighted by atomic mass is 9.80. The molecular formula is C18H21FN4O3. The zero-order valence-electron chi connectivity index (χ0n) is 14.5. The minimum atomic E-state index is -1.18. The quantitative estimate of drug-likeness (QED) is 0.866. The number of aliphatic hydroxyl groups is 1. The van der Waals surface area contributed by atoms with Crippen LogP contribution < -0.4 is 5.32 Å². The van der Waals surface area contributed by atoms with Gasteiger partial charge in [0, 0.05) is 17.6 Å². The van der Waals surface area contributed by atoms with Crippen LogP contribution in [-0.4, -0.2) is 44.9 Å². The first-order valence-corrected chi connectivity index (χ1v) is 8.78. The van der Waals surface area contributed by atoms with E-state index in [0.717, 1.165) is 12.8 Å². The van der Waals surface area contributed by atoms with Crippen molar-refractivity contribution in [3.63, 3.8) is 0 Å². The van der Waals surface area contributed by atoms with Gasteiger partial charge in [0.1, 0.15) is 11.5 Å². The molecule has 0 saturated carbocycles. The van der Waals surface area contributed by atoms with Gasteiger partial charge < -0.3 is 10.4 Å². The van der Waals surface area contributed by atoms with E-state index in [2.05, 4.69) is 25.2 Å². The number of aromatic nitrogens is 2. The number of anilines is 1. The molecule has 2 aliphatic heterocycles. The maximum absolute atomic E-state index is 14.2. The average Bonchev–Trinajstić information content (AvgIpc) is 3.09. The van der Waals surface area contributed by atoms with E-state index in [1.54, 1.807) is 25.1 Å². The molecular weight excluding hydrogens is 339 g/mol. The van der Waals surface area contributed by atoms with E-state index in [0.29, 0.717) is 29.9 Å². The highest BCUT2D eigenvalue weighted by Gasteiger charge is 2.49. The van der Waals surface area contributed by atoms with E-state index < -0.39 is 5.60 Å². The fourth-order valence-electron chi connectivity index (χ4n) is 4.32. The second-order valence-electron chi connectivity index (χ2n) is 7.22. The van der Waals surface area contributed by atoms with Crippen LogP contribution in [0, 0.1) is 12.7 Å². The van der Waals surface area contributed by atoms with Crippen molar-refractivity contribution in [1.29, 1.82) is 0 Å². The van der Waals surface area contributed by atoms with Crippen molar-refractivity contribution in [1.82, 2.24) is 15.2 Å². The molecule has 1 aromatic heterocycles. The molecule has 8 heteroatoms. The minimum Gasteiger partial charge on any atom is -0.385 e. The topological polar surface area (TPSA) is 91.5 Å². The Kier molecular flexibility index (Phi) is 4.24. The van der Waals surface area contributed by atoms with Crippen molar-refractivity contribution in [2.24, 2.45) is 0 Å². The maximum atomic E-state index is 14.2. The Morgan fingerprint density at radius 1 is 1.35 bits per heavy atom. The van der Waals surface area contributed by atoms with Crippen molar-refractivity contribution >= 4 is 11.7 Å². The number of carbonyl (C=O) groups is 1. The number of carbonyl (C=O) groups excluding carboxylic acids is 1. The van der Waals surface area contributed by atoms with E-state index in [1.807, 2.05) is 0 Å². The number of hydrogen-bond acceptors (Lipinski definition) is 6. The summed E-state index contributed by atoms with van der Waals surface area (Å²) in [7, 11) is 0. The Labute approximate surface area is 150 Å². The molecule has 138 valence electrons. The zero-order chi connectivity index (χ0) is 18.3. The van der Waals surface area contributed by atoms with Gasteiger partial charge in [0.15, 0.2) is 5.82 Å². The fraction of sp³-hybridized carbons (Fsp3) is 0.500. The number of benzene rings is 1. The molecule has 0 spiro atoms. The number of nitrogens with one attached hydrogen (secondary N) is 1. The standard InChI is InChI=1S/C18H21FN4O3/c1-11-17(22-26-21-11)20-16(24)10-23-12-6-7-13(23)9-18(25,8-12)14-4-2-3-5-15(14)19/h2-5,12-13,25H,6-10H2,1H3,(H,20,22,24)/t12-,13-/m0/s1. The van der Waals surface area contributed by atoms with Crippen molar-refractivity contribution < 1.29 is 18.9 Å². The summed E-state index contributed by atoms with van der Waals surface area (Å²) in [6.07, 6.45) is 2.61. The maximum Gasteiger partial charge on any atom is 0.239 e. The van der Waals surface area contributed by atoms with Crippen LogP contribution in [0.1, 0.15) is 36.9 Å². The summed E-state index contributed by atoms with van der Waals surface area (Å²) in [4.78, 5) is 14.5. The molecule has 2 atom stereocenters. The van der Waals surface area contributed by atoms with Gasteiger partial charge >= 0.3 is 0 Å². The summed E-state index contributed by atoms with van der Waals surface area (Å²) in [5, 5.41) is 21.1. The van der Waals surface area contributed by atoms with Crippen LogP contribution in [-0.2, 0) is 10.4 Å². The summed E-state index contributed by atoms with van der Waals surface area (Å²) in [6, 6.07) is 6.48. The summed E-state index contributed by atoms with van der Waals surface area (Å²) in [6.45, 7) is 1.90. The number of fused-ring (bicyclic) bond motifs is 2. The lowest BCUT2D eigenvalue weighted by Gasteiger charge is -2.43. The molecule has 4 rings (SSSR count). The zero-order valence-corrected chi connectivity index (χ0v) is 14.5. The third-order valence-corrected chi connectivity index (χ3v) is 5.53. The number of hydrogen-bond donors (Lipinski definition) is 2. The number of halogens is 1. The molecule has 2 aliphatic rings. The van der Waals surface area contributed by atoms with E-state index in [1.165, 1.54) is 6.07 Å².